The van der Waals surface area contributed by atoms with Gasteiger partial charge in [-0.1, -0.05) is 43.9 Å². The van der Waals surface area contributed by atoms with E-state index in [4.69, 9.17) is 0 Å². The van der Waals surface area contributed by atoms with Gasteiger partial charge >= 0.3 is 0 Å². The first-order valence-electron chi connectivity index (χ1n) is 11.0. The smallest absolute Gasteiger partial charge is 0.273 e. The van der Waals surface area contributed by atoms with Crippen molar-refractivity contribution in [3.63, 3.8) is 0 Å². The van der Waals surface area contributed by atoms with Crippen molar-refractivity contribution in [1.29, 1.82) is 0 Å². The van der Waals surface area contributed by atoms with Gasteiger partial charge in [0.25, 0.3) is 5.56 Å². The molecule has 0 unspecified atom stereocenters. The largest absolute Gasteiger partial charge is 0.294 e. The van der Waals surface area contributed by atoms with Crippen molar-refractivity contribution in [2.24, 2.45) is 17.8 Å². The molecule has 0 radical (unpaired) electrons. The molecule has 1 N–H and O–H groups in total. The fraction of sp³-hybridized carbons (Fsp3) is 0.609. The third-order valence-electron chi connectivity index (χ3n) is 7.39. The zero-order chi connectivity index (χ0) is 19.1. The van der Waals surface area contributed by atoms with Gasteiger partial charge in [-0.15, -0.1) is 4.79 Å². The molecular formula is C23H29N3O2. The molecule has 1 amide bonds. The van der Waals surface area contributed by atoms with E-state index >= 15 is 0 Å². The highest BCUT2D eigenvalue weighted by Crippen LogP contribution is 2.49. The number of fused-ring (bicyclic) bond motifs is 3. The molecule has 0 spiro atoms. The van der Waals surface area contributed by atoms with Crippen molar-refractivity contribution < 1.29 is 4.79 Å². The van der Waals surface area contributed by atoms with Crippen molar-refractivity contribution in [3.8, 4) is 0 Å². The van der Waals surface area contributed by atoms with E-state index in [0.717, 1.165) is 29.8 Å². The van der Waals surface area contributed by atoms with E-state index in [2.05, 4.69) is 10.5 Å². The van der Waals surface area contributed by atoms with Crippen molar-refractivity contribution >= 4 is 16.7 Å². The second kappa shape index (κ2) is 7.34. The van der Waals surface area contributed by atoms with Crippen LogP contribution in [0.25, 0.3) is 10.8 Å². The van der Waals surface area contributed by atoms with E-state index in [-0.39, 0.29) is 11.5 Å². The summed E-state index contributed by atoms with van der Waals surface area (Å²) >= 11 is 0. The average molecular weight is 380 g/mol. The number of hydrogen-bond acceptors (Lipinski definition) is 3. The molecule has 3 atom stereocenters. The van der Waals surface area contributed by atoms with Gasteiger partial charge in [-0.05, 0) is 55.9 Å². The Morgan fingerprint density at radius 2 is 1.82 bits per heavy atom. The van der Waals surface area contributed by atoms with Gasteiger partial charge in [0.2, 0.25) is 5.91 Å². The zero-order valence-corrected chi connectivity index (χ0v) is 16.4. The van der Waals surface area contributed by atoms with Gasteiger partial charge in [0.15, 0.2) is 0 Å². The van der Waals surface area contributed by atoms with Crippen LogP contribution >= 0.6 is 0 Å². The van der Waals surface area contributed by atoms with Crippen LogP contribution < -0.4 is 11.0 Å². The van der Waals surface area contributed by atoms with Gasteiger partial charge in [0, 0.05) is 17.7 Å². The summed E-state index contributed by atoms with van der Waals surface area (Å²) in [6.45, 7) is 0. The fourth-order valence-electron chi connectivity index (χ4n) is 6.00. The molecule has 28 heavy (non-hydrogen) atoms. The molecule has 0 saturated heterocycles. The Kier molecular flexibility index (Phi) is 4.69. The monoisotopic (exact) mass is 379 g/mol. The highest BCUT2D eigenvalue weighted by Gasteiger charge is 2.40. The number of rotatable bonds is 4. The normalized spacial score (nSPS) is 27.4. The van der Waals surface area contributed by atoms with Crippen LogP contribution in [-0.2, 0) is 4.79 Å². The topological polar surface area (TPSA) is 64.0 Å². The minimum Gasteiger partial charge on any atom is -0.273 e. The van der Waals surface area contributed by atoms with Crippen LogP contribution in [-0.4, -0.2) is 15.8 Å². The van der Waals surface area contributed by atoms with Crippen LogP contribution in [0.1, 0.15) is 75.8 Å². The number of carbonyl (C=O) groups is 1. The fourth-order valence-corrected chi connectivity index (χ4v) is 6.00. The zero-order valence-electron chi connectivity index (χ0n) is 16.4. The Morgan fingerprint density at radius 3 is 2.54 bits per heavy atom. The van der Waals surface area contributed by atoms with Crippen molar-refractivity contribution in [2.75, 3.05) is 5.43 Å². The third kappa shape index (κ3) is 3.25. The minimum absolute atomic E-state index is 0.0722. The van der Waals surface area contributed by atoms with Gasteiger partial charge in [-0.3, -0.25) is 9.59 Å². The quantitative estimate of drug-likeness (QED) is 0.859. The van der Waals surface area contributed by atoms with Crippen LogP contribution in [0.4, 0.5) is 0 Å². The molecule has 0 aliphatic heterocycles. The molecule has 5 rings (SSSR count). The molecule has 1 aromatic carbocycles. The predicted molar refractivity (Wildman–Crippen MR) is 110 cm³/mol. The summed E-state index contributed by atoms with van der Waals surface area (Å²) in [6.07, 6.45) is 11.5. The maximum atomic E-state index is 12.9. The first kappa shape index (κ1) is 17.9. The number of benzene rings is 1. The predicted octanol–water partition coefficient (Wildman–Crippen LogP) is 4.34. The third-order valence-corrected chi connectivity index (χ3v) is 7.39. The Morgan fingerprint density at radius 1 is 1.04 bits per heavy atom. The molecular weight excluding hydrogens is 350 g/mol. The lowest BCUT2D eigenvalue weighted by molar-refractivity contribution is -0.118. The first-order valence-corrected chi connectivity index (χ1v) is 11.0. The molecule has 3 saturated carbocycles. The second-order valence-electron chi connectivity index (χ2n) is 9.16. The van der Waals surface area contributed by atoms with E-state index in [0.29, 0.717) is 29.6 Å². The van der Waals surface area contributed by atoms with Crippen LogP contribution in [0, 0.1) is 17.8 Å². The summed E-state index contributed by atoms with van der Waals surface area (Å²) in [5.74, 6) is 2.30. The lowest BCUT2D eigenvalue weighted by Gasteiger charge is -2.23. The molecule has 1 aromatic heterocycles. The van der Waals surface area contributed by atoms with Crippen molar-refractivity contribution in [2.45, 2.75) is 70.1 Å². The molecule has 5 heteroatoms. The number of amides is 1. The molecule has 5 nitrogen and oxygen atoms in total. The summed E-state index contributed by atoms with van der Waals surface area (Å²) in [7, 11) is 0. The van der Waals surface area contributed by atoms with E-state index < -0.39 is 0 Å². The van der Waals surface area contributed by atoms with Gasteiger partial charge in [-0.25, -0.2) is 5.43 Å². The summed E-state index contributed by atoms with van der Waals surface area (Å²) in [5, 5.41) is 6.25. The highest BCUT2D eigenvalue weighted by atomic mass is 16.2. The Balaban J connectivity index is 1.42. The molecule has 3 aliphatic rings. The number of carbonyl (C=O) groups excluding carboxylic acids is 1. The molecule has 2 bridgehead atoms. The minimum atomic E-state index is -0.226. The van der Waals surface area contributed by atoms with Gasteiger partial charge in [0.05, 0.1) is 11.1 Å². The number of nitrogens with one attached hydrogen (secondary N) is 1. The van der Waals surface area contributed by atoms with E-state index in [9.17, 15) is 9.59 Å². The summed E-state index contributed by atoms with van der Waals surface area (Å²) < 4.78 is 0. The highest BCUT2D eigenvalue weighted by molar-refractivity contribution is 5.86. The van der Waals surface area contributed by atoms with Gasteiger partial charge < -0.3 is 0 Å². The molecule has 148 valence electrons. The molecule has 1 heterocycles. The summed E-state index contributed by atoms with van der Waals surface area (Å²) in [6, 6.07) is 7.70. The Labute approximate surface area is 165 Å². The maximum Gasteiger partial charge on any atom is 0.294 e. The standard InChI is InChI=1S/C23H29N3O2/c27-21(14-18-13-15-10-11-17(18)12-15)24-26-23(28)20-9-5-4-8-19(20)22(25-26)16-6-2-1-3-7-16/h4-5,8-9,15-18H,1-3,6-7,10-14H2,(H,24,27)/t15-,17+,18-/m1/s1. The van der Waals surface area contributed by atoms with Crippen LogP contribution in [0.15, 0.2) is 29.1 Å². The van der Waals surface area contributed by atoms with Crippen molar-refractivity contribution in [3.05, 3.63) is 40.3 Å². The Hall–Kier alpha value is -2.17. The van der Waals surface area contributed by atoms with Gasteiger partial charge in [-0.2, -0.15) is 5.10 Å². The lowest BCUT2D eigenvalue weighted by Crippen LogP contribution is -2.37. The summed E-state index contributed by atoms with van der Waals surface area (Å²) in [5.41, 5.74) is 3.56. The number of aromatic nitrogens is 2. The van der Waals surface area contributed by atoms with Crippen LogP contribution in [0.3, 0.4) is 0 Å². The van der Waals surface area contributed by atoms with Crippen molar-refractivity contribution in [1.82, 2.24) is 9.89 Å². The maximum absolute atomic E-state index is 12.9. The van der Waals surface area contributed by atoms with Crippen LogP contribution in [0.5, 0.6) is 0 Å². The van der Waals surface area contributed by atoms with E-state index in [1.54, 1.807) is 0 Å². The van der Waals surface area contributed by atoms with Crippen LogP contribution in [0.2, 0.25) is 0 Å². The SMILES string of the molecule is O=C(C[C@H]1C[C@@H]2CC[C@H]1C2)Nn1nc(C2CCCCC2)c2ccccc2c1=O. The molecule has 3 aliphatic carbocycles. The summed E-state index contributed by atoms with van der Waals surface area (Å²) in [4.78, 5) is 26.9. The lowest BCUT2D eigenvalue weighted by atomic mass is 9.85. The average Bonchev–Trinajstić information content (AvgIpc) is 3.34. The molecule has 2 aromatic rings. The first-order chi connectivity index (χ1) is 13.7. The van der Waals surface area contributed by atoms with Gasteiger partial charge in [0.1, 0.15) is 0 Å². The van der Waals surface area contributed by atoms with E-state index in [1.807, 2.05) is 24.3 Å². The second-order valence-corrected chi connectivity index (χ2v) is 9.16. The Bertz CT molecular complexity index is 945. The molecule has 3 fully saturated rings. The van der Waals surface area contributed by atoms with E-state index in [1.165, 1.54) is 49.7 Å². The number of hydrogen-bond donors (Lipinski definition) is 1. The number of nitrogens with zero attached hydrogens (tertiary/aromatic N) is 2.